The van der Waals surface area contributed by atoms with Gasteiger partial charge in [-0.2, -0.15) is 8.61 Å². The number of sulfonamides is 2. The number of methoxy groups -OCH3 is 1. The summed E-state index contributed by atoms with van der Waals surface area (Å²) >= 11 is 0. The minimum absolute atomic E-state index is 0.133. The Morgan fingerprint density at radius 3 is 2.22 bits per heavy atom. The number of anilines is 1. The Morgan fingerprint density at radius 2 is 1.58 bits per heavy atom. The SMILES string of the molecule is COc1ccc(S(=O)(=O)N2CCCC(C)C2)cc1N1CCN(S(=O)(=O)c2cccc([N+](=O)[O-])c2)CC1. The van der Waals surface area contributed by atoms with E-state index in [-0.39, 0.29) is 28.6 Å². The quantitative estimate of drug-likeness (QED) is 0.388. The molecule has 4 rings (SSSR count). The van der Waals surface area contributed by atoms with Crippen LogP contribution in [-0.2, 0) is 20.0 Å². The summed E-state index contributed by atoms with van der Waals surface area (Å²) in [6.45, 7) is 3.88. The first-order valence-corrected chi connectivity index (χ1v) is 14.6. The van der Waals surface area contributed by atoms with Gasteiger partial charge in [-0.05, 0) is 43.0 Å². The van der Waals surface area contributed by atoms with Gasteiger partial charge in [0.05, 0.1) is 27.5 Å². The standard InChI is InChI=1S/C23H30N4O7S2/c1-18-5-4-10-26(17-18)36(32,33)21-8-9-23(34-2)22(16-21)24-11-13-25(14-12-24)35(30,31)20-7-3-6-19(15-20)27(28)29/h3,6-9,15-16,18H,4-5,10-14,17H2,1-2H3. The average Bonchev–Trinajstić information content (AvgIpc) is 2.88. The van der Waals surface area contributed by atoms with Gasteiger partial charge in [0.2, 0.25) is 20.0 Å². The van der Waals surface area contributed by atoms with Gasteiger partial charge in [-0.15, -0.1) is 0 Å². The number of hydrogen-bond donors (Lipinski definition) is 0. The van der Waals surface area contributed by atoms with Crippen LogP contribution in [0, 0.1) is 16.0 Å². The van der Waals surface area contributed by atoms with E-state index in [1.54, 1.807) is 18.2 Å². The van der Waals surface area contributed by atoms with Crippen molar-refractivity contribution >= 4 is 31.4 Å². The lowest BCUT2D eigenvalue weighted by molar-refractivity contribution is -0.385. The Bertz CT molecular complexity index is 1340. The molecule has 2 aliphatic rings. The third-order valence-electron chi connectivity index (χ3n) is 6.65. The molecule has 1 unspecified atom stereocenters. The lowest BCUT2D eigenvalue weighted by atomic mass is 10.0. The zero-order chi connectivity index (χ0) is 26.1. The van der Waals surface area contributed by atoms with Crippen LogP contribution in [0.4, 0.5) is 11.4 Å². The van der Waals surface area contributed by atoms with E-state index >= 15 is 0 Å². The van der Waals surface area contributed by atoms with E-state index in [1.807, 2.05) is 11.8 Å². The number of rotatable bonds is 7. The number of piperidine rings is 1. The van der Waals surface area contributed by atoms with Crippen LogP contribution in [-0.4, -0.2) is 76.7 Å². The molecule has 36 heavy (non-hydrogen) atoms. The largest absolute Gasteiger partial charge is 0.495 e. The van der Waals surface area contributed by atoms with E-state index in [9.17, 15) is 26.9 Å². The molecule has 2 aromatic carbocycles. The molecule has 11 nitrogen and oxygen atoms in total. The number of nitro benzene ring substituents is 1. The van der Waals surface area contributed by atoms with Crippen LogP contribution in [0.15, 0.2) is 52.3 Å². The van der Waals surface area contributed by atoms with E-state index in [0.717, 1.165) is 18.9 Å². The number of piperazine rings is 1. The molecular weight excluding hydrogens is 508 g/mol. The van der Waals surface area contributed by atoms with Gasteiger partial charge in [-0.25, -0.2) is 16.8 Å². The van der Waals surface area contributed by atoms with Crippen molar-refractivity contribution in [3.63, 3.8) is 0 Å². The fourth-order valence-corrected chi connectivity index (χ4v) is 7.75. The molecule has 2 saturated heterocycles. The lowest BCUT2D eigenvalue weighted by Gasteiger charge is -2.36. The van der Waals surface area contributed by atoms with Gasteiger partial charge >= 0.3 is 0 Å². The minimum atomic E-state index is -3.92. The Labute approximate surface area is 211 Å². The van der Waals surface area contributed by atoms with Gasteiger partial charge in [-0.1, -0.05) is 13.0 Å². The molecule has 2 aromatic rings. The highest BCUT2D eigenvalue weighted by Gasteiger charge is 2.32. The van der Waals surface area contributed by atoms with Crippen LogP contribution in [0.3, 0.4) is 0 Å². The number of non-ortho nitro benzene ring substituents is 1. The fraction of sp³-hybridized carbons (Fsp3) is 0.478. The van der Waals surface area contributed by atoms with Crippen molar-refractivity contribution < 1.29 is 26.5 Å². The number of ether oxygens (including phenoxy) is 1. The van der Waals surface area contributed by atoms with Gasteiger partial charge in [0.25, 0.3) is 5.69 Å². The number of nitrogens with zero attached hydrogens (tertiary/aromatic N) is 4. The monoisotopic (exact) mass is 538 g/mol. The summed E-state index contributed by atoms with van der Waals surface area (Å²) < 4.78 is 61.1. The zero-order valence-corrected chi connectivity index (χ0v) is 21.9. The summed E-state index contributed by atoms with van der Waals surface area (Å²) in [5, 5.41) is 11.1. The fourth-order valence-electron chi connectivity index (χ4n) is 4.67. The topological polar surface area (TPSA) is 130 Å². The van der Waals surface area contributed by atoms with Crippen molar-refractivity contribution in [3.8, 4) is 5.75 Å². The molecule has 2 fully saturated rings. The zero-order valence-electron chi connectivity index (χ0n) is 20.2. The number of nitro groups is 1. The normalized spacial score (nSPS) is 20.3. The third kappa shape index (κ3) is 5.19. The molecule has 2 aliphatic heterocycles. The second kappa shape index (κ2) is 10.3. The molecule has 0 spiro atoms. The van der Waals surface area contributed by atoms with Crippen LogP contribution in [0.25, 0.3) is 0 Å². The molecule has 196 valence electrons. The van der Waals surface area contributed by atoms with Gasteiger partial charge in [-0.3, -0.25) is 10.1 Å². The highest BCUT2D eigenvalue weighted by molar-refractivity contribution is 7.89. The van der Waals surface area contributed by atoms with Crippen LogP contribution in [0.2, 0.25) is 0 Å². The lowest BCUT2D eigenvalue weighted by Crippen LogP contribution is -2.48. The molecule has 0 saturated carbocycles. The first-order chi connectivity index (χ1) is 17.0. The molecule has 13 heteroatoms. The van der Waals surface area contributed by atoms with Crippen LogP contribution in [0.5, 0.6) is 5.75 Å². The summed E-state index contributed by atoms with van der Waals surface area (Å²) in [5.41, 5.74) is 0.289. The van der Waals surface area contributed by atoms with Crippen molar-refractivity contribution in [3.05, 3.63) is 52.6 Å². The molecule has 0 aliphatic carbocycles. The minimum Gasteiger partial charge on any atom is -0.495 e. The van der Waals surface area contributed by atoms with Gasteiger partial charge in [0, 0.05) is 51.4 Å². The summed E-state index contributed by atoms with van der Waals surface area (Å²) in [7, 11) is -6.09. The van der Waals surface area contributed by atoms with Crippen molar-refractivity contribution in [1.82, 2.24) is 8.61 Å². The smallest absolute Gasteiger partial charge is 0.270 e. The molecular formula is C23H30N4O7S2. The molecule has 0 radical (unpaired) electrons. The van der Waals surface area contributed by atoms with Gasteiger partial charge in [0.1, 0.15) is 5.75 Å². The number of benzene rings is 2. The highest BCUT2D eigenvalue weighted by atomic mass is 32.2. The van der Waals surface area contributed by atoms with E-state index in [4.69, 9.17) is 4.74 Å². The Hall–Kier alpha value is -2.74. The van der Waals surface area contributed by atoms with E-state index in [1.165, 1.54) is 33.9 Å². The molecule has 0 aromatic heterocycles. The van der Waals surface area contributed by atoms with Crippen LogP contribution < -0.4 is 9.64 Å². The second-order valence-electron chi connectivity index (χ2n) is 9.09. The van der Waals surface area contributed by atoms with E-state index in [2.05, 4.69) is 0 Å². The van der Waals surface area contributed by atoms with Gasteiger partial charge in [0.15, 0.2) is 0 Å². The summed E-state index contributed by atoms with van der Waals surface area (Å²) in [5.74, 6) is 0.795. The summed E-state index contributed by atoms with van der Waals surface area (Å²) in [6.07, 6.45) is 1.83. The van der Waals surface area contributed by atoms with Crippen molar-refractivity contribution in [2.24, 2.45) is 5.92 Å². The Morgan fingerprint density at radius 1 is 0.917 bits per heavy atom. The molecule has 0 N–H and O–H groups in total. The van der Waals surface area contributed by atoms with E-state index in [0.29, 0.717) is 43.5 Å². The Balaban J connectivity index is 1.54. The van der Waals surface area contributed by atoms with Crippen LogP contribution >= 0.6 is 0 Å². The molecule has 0 amide bonds. The number of hydrogen-bond acceptors (Lipinski definition) is 8. The average molecular weight is 539 g/mol. The predicted molar refractivity (Wildman–Crippen MR) is 134 cm³/mol. The maximum atomic E-state index is 13.3. The summed E-state index contributed by atoms with van der Waals surface area (Å²) in [4.78, 5) is 12.4. The summed E-state index contributed by atoms with van der Waals surface area (Å²) in [6, 6.07) is 9.75. The van der Waals surface area contributed by atoms with Crippen LogP contribution in [0.1, 0.15) is 19.8 Å². The first-order valence-electron chi connectivity index (χ1n) is 11.7. The first kappa shape index (κ1) is 26.3. The molecule has 2 heterocycles. The van der Waals surface area contributed by atoms with Crippen molar-refractivity contribution in [2.75, 3.05) is 51.3 Å². The van der Waals surface area contributed by atoms with E-state index < -0.39 is 25.0 Å². The predicted octanol–water partition coefficient (Wildman–Crippen LogP) is 2.53. The van der Waals surface area contributed by atoms with Crippen molar-refractivity contribution in [1.29, 1.82) is 0 Å². The Kier molecular flexibility index (Phi) is 7.55. The maximum Gasteiger partial charge on any atom is 0.270 e. The maximum absolute atomic E-state index is 13.3. The highest BCUT2D eigenvalue weighted by Crippen LogP contribution is 2.34. The van der Waals surface area contributed by atoms with Gasteiger partial charge < -0.3 is 9.64 Å². The third-order valence-corrected chi connectivity index (χ3v) is 10.4. The second-order valence-corrected chi connectivity index (χ2v) is 13.0. The van der Waals surface area contributed by atoms with Crippen molar-refractivity contribution in [2.45, 2.75) is 29.6 Å². The molecule has 0 bridgehead atoms. The molecule has 1 atom stereocenters.